The molecular formula is C27H23FN2O4. The van der Waals surface area contributed by atoms with E-state index >= 15 is 0 Å². The van der Waals surface area contributed by atoms with E-state index < -0.39 is 5.82 Å². The molecule has 6 rings (SSSR count). The Labute approximate surface area is 195 Å². The number of hydrogen-bond acceptors (Lipinski definition) is 5. The summed E-state index contributed by atoms with van der Waals surface area (Å²) in [6, 6.07) is 14.5. The largest absolute Gasteiger partial charge is 0.507 e. The number of phenols is 1. The van der Waals surface area contributed by atoms with E-state index in [1.807, 2.05) is 16.7 Å². The number of nitrogens with zero attached hydrogens (tertiary/aromatic N) is 2. The number of carbonyl (C=O) groups is 1. The Morgan fingerprint density at radius 3 is 2.76 bits per heavy atom. The number of rotatable bonds is 3. The number of ketones is 1. The molecule has 3 aliphatic rings. The van der Waals surface area contributed by atoms with Crippen molar-refractivity contribution in [1.82, 2.24) is 9.47 Å². The molecule has 2 aromatic carbocycles. The van der Waals surface area contributed by atoms with Crippen LogP contribution in [0.3, 0.4) is 0 Å². The Kier molecular flexibility index (Phi) is 4.88. The fraction of sp³-hybridized carbons (Fsp3) is 0.259. The lowest BCUT2D eigenvalue weighted by atomic mass is 9.83. The molecule has 0 radical (unpaired) electrons. The number of Topliss-reactive ketones (excluding diaryl/α,β-unsaturated/α-hetero) is 1. The summed E-state index contributed by atoms with van der Waals surface area (Å²) < 4.78 is 21.4. The van der Waals surface area contributed by atoms with Gasteiger partial charge in [0.1, 0.15) is 17.3 Å². The Balaban J connectivity index is 1.29. The van der Waals surface area contributed by atoms with Gasteiger partial charge >= 0.3 is 0 Å². The van der Waals surface area contributed by atoms with Crippen molar-refractivity contribution in [3.63, 3.8) is 0 Å². The van der Waals surface area contributed by atoms with Crippen LogP contribution in [0.25, 0.3) is 6.08 Å². The molecule has 2 bridgehead atoms. The van der Waals surface area contributed by atoms with Gasteiger partial charge in [-0.05, 0) is 54.3 Å². The van der Waals surface area contributed by atoms with Gasteiger partial charge in [-0.3, -0.25) is 14.5 Å². The summed E-state index contributed by atoms with van der Waals surface area (Å²) >= 11 is 0. The van der Waals surface area contributed by atoms with Crippen molar-refractivity contribution in [3.05, 3.63) is 98.9 Å². The van der Waals surface area contributed by atoms with Gasteiger partial charge in [0.2, 0.25) is 5.78 Å². The first-order chi connectivity index (χ1) is 16.5. The van der Waals surface area contributed by atoms with E-state index in [-0.39, 0.29) is 28.8 Å². The molecule has 1 fully saturated rings. The maximum absolute atomic E-state index is 13.6. The Morgan fingerprint density at radius 1 is 1.06 bits per heavy atom. The minimum atomic E-state index is -0.393. The smallest absolute Gasteiger partial charge is 0.250 e. The minimum Gasteiger partial charge on any atom is -0.507 e. The van der Waals surface area contributed by atoms with Gasteiger partial charge in [-0.25, -0.2) is 4.39 Å². The van der Waals surface area contributed by atoms with Crippen LogP contribution in [0.15, 0.2) is 65.2 Å². The first-order valence-corrected chi connectivity index (χ1v) is 11.4. The van der Waals surface area contributed by atoms with Crippen LogP contribution in [-0.4, -0.2) is 33.4 Å². The predicted octanol–water partition coefficient (Wildman–Crippen LogP) is 3.93. The number of hydrogen-bond donors (Lipinski definition) is 1. The number of fused-ring (bicyclic) bond motifs is 5. The van der Waals surface area contributed by atoms with Crippen LogP contribution in [-0.2, 0) is 13.1 Å². The minimum absolute atomic E-state index is 0.0451. The number of pyridine rings is 1. The van der Waals surface area contributed by atoms with Crippen molar-refractivity contribution in [1.29, 1.82) is 0 Å². The summed E-state index contributed by atoms with van der Waals surface area (Å²) in [4.78, 5) is 27.5. The molecule has 0 saturated carbocycles. The van der Waals surface area contributed by atoms with E-state index in [1.165, 1.54) is 24.3 Å². The maximum Gasteiger partial charge on any atom is 0.250 e. The monoisotopic (exact) mass is 458 g/mol. The molecule has 4 heterocycles. The molecular weight excluding hydrogens is 435 g/mol. The Bertz CT molecular complexity index is 1410. The highest BCUT2D eigenvalue weighted by molar-refractivity contribution is 6.15. The summed E-state index contributed by atoms with van der Waals surface area (Å²) in [6.45, 7) is 2.67. The van der Waals surface area contributed by atoms with Crippen LogP contribution in [0, 0.1) is 11.7 Å². The van der Waals surface area contributed by atoms with Gasteiger partial charge in [0.15, 0.2) is 5.76 Å². The molecule has 0 spiro atoms. The third-order valence-electron chi connectivity index (χ3n) is 7.00. The zero-order chi connectivity index (χ0) is 23.4. The fourth-order valence-electron chi connectivity index (χ4n) is 5.55. The predicted molar refractivity (Wildman–Crippen MR) is 124 cm³/mol. The lowest BCUT2D eigenvalue weighted by Crippen LogP contribution is -2.46. The van der Waals surface area contributed by atoms with Crippen LogP contribution in [0.5, 0.6) is 11.5 Å². The van der Waals surface area contributed by atoms with E-state index in [1.54, 1.807) is 24.3 Å². The van der Waals surface area contributed by atoms with Gasteiger partial charge in [0.05, 0.1) is 11.1 Å². The van der Waals surface area contributed by atoms with Gasteiger partial charge in [0, 0.05) is 43.9 Å². The summed E-state index contributed by atoms with van der Waals surface area (Å²) in [6.07, 6.45) is 2.56. The average Bonchev–Trinajstić information content (AvgIpc) is 3.12. The molecule has 2 atom stereocenters. The first kappa shape index (κ1) is 20.9. The van der Waals surface area contributed by atoms with Crippen molar-refractivity contribution in [2.45, 2.75) is 25.4 Å². The zero-order valence-electron chi connectivity index (χ0n) is 18.4. The van der Waals surface area contributed by atoms with Gasteiger partial charge in [-0.15, -0.1) is 0 Å². The third kappa shape index (κ3) is 3.53. The third-order valence-corrected chi connectivity index (χ3v) is 7.00. The second-order valence-corrected chi connectivity index (χ2v) is 9.33. The average molecular weight is 458 g/mol. The number of halogens is 1. The molecule has 0 aliphatic carbocycles. The number of benzene rings is 2. The highest BCUT2D eigenvalue weighted by atomic mass is 19.1. The standard InChI is InChI=1S/C27H23FN2O4/c28-19-4-1-3-16(10-19)11-24-26(33)20-7-8-23(31)21(27(20)34-24)15-29-12-17-9-18(14-29)22-5-2-6-25(32)30(22)13-17/h1-8,10-11,17-18,31H,9,12-15H2/b24-11-/t17-,18+/m1/s1. The number of likely N-dealkylation sites (tertiary alicyclic amines) is 1. The number of allylic oxidation sites excluding steroid dienone is 1. The molecule has 34 heavy (non-hydrogen) atoms. The highest BCUT2D eigenvalue weighted by Gasteiger charge is 2.36. The van der Waals surface area contributed by atoms with E-state index in [2.05, 4.69) is 4.90 Å². The number of aromatic hydroxyl groups is 1. The second-order valence-electron chi connectivity index (χ2n) is 9.33. The molecule has 3 aliphatic heterocycles. The van der Waals surface area contributed by atoms with Crippen LogP contribution in [0.4, 0.5) is 4.39 Å². The number of phenolic OH excluding ortho intramolecular Hbond substituents is 1. The van der Waals surface area contributed by atoms with Crippen LogP contribution >= 0.6 is 0 Å². The van der Waals surface area contributed by atoms with Crippen LogP contribution in [0.2, 0.25) is 0 Å². The molecule has 1 N–H and O–H groups in total. The highest BCUT2D eigenvalue weighted by Crippen LogP contribution is 2.42. The summed E-state index contributed by atoms with van der Waals surface area (Å²) in [5, 5.41) is 10.7. The lowest BCUT2D eigenvalue weighted by Gasteiger charge is -2.42. The summed E-state index contributed by atoms with van der Waals surface area (Å²) in [5.41, 5.74) is 2.59. The van der Waals surface area contributed by atoms with Crippen molar-refractivity contribution in [2.75, 3.05) is 13.1 Å². The van der Waals surface area contributed by atoms with E-state index in [9.17, 15) is 19.1 Å². The van der Waals surface area contributed by atoms with Crippen LogP contribution in [0.1, 0.15) is 39.5 Å². The second kappa shape index (κ2) is 7.95. The van der Waals surface area contributed by atoms with Crippen LogP contribution < -0.4 is 10.3 Å². The van der Waals surface area contributed by atoms with Gasteiger partial charge in [-0.2, -0.15) is 0 Å². The molecule has 7 heteroatoms. The lowest BCUT2D eigenvalue weighted by molar-refractivity contribution is 0.101. The summed E-state index contributed by atoms with van der Waals surface area (Å²) in [7, 11) is 0. The van der Waals surface area contributed by atoms with Crippen molar-refractivity contribution >= 4 is 11.9 Å². The van der Waals surface area contributed by atoms with Gasteiger partial charge in [-0.1, -0.05) is 18.2 Å². The number of ether oxygens (including phenoxy) is 1. The van der Waals surface area contributed by atoms with Crippen molar-refractivity contribution in [2.24, 2.45) is 5.92 Å². The molecule has 0 amide bonds. The van der Waals surface area contributed by atoms with E-state index in [0.29, 0.717) is 41.4 Å². The Morgan fingerprint density at radius 2 is 1.91 bits per heavy atom. The SMILES string of the molecule is O=C1/C(=C/c2cccc(F)c2)Oc2c1ccc(O)c2CN1C[C@H]2C[C@@H](C1)c1cccc(=O)n1C2. The molecule has 1 saturated heterocycles. The van der Waals surface area contributed by atoms with Gasteiger partial charge < -0.3 is 14.4 Å². The number of aromatic nitrogens is 1. The maximum atomic E-state index is 13.6. The zero-order valence-corrected chi connectivity index (χ0v) is 18.4. The van der Waals surface area contributed by atoms with E-state index in [4.69, 9.17) is 4.74 Å². The normalized spacial score (nSPS) is 22.4. The first-order valence-electron chi connectivity index (χ1n) is 11.4. The van der Waals surface area contributed by atoms with Gasteiger partial charge in [0.25, 0.3) is 5.56 Å². The molecule has 3 aromatic rings. The summed E-state index contributed by atoms with van der Waals surface area (Å²) in [5.74, 6) is 0.448. The topological polar surface area (TPSA) is 71.8 Å². The van der Waals surface area contributed by atoms with Crippen molar-refractivity contribution < 1.29 is 19.0 Å². The van der Waals surface area contributed by atoms with Crippen molar-refractivity contribution in [3.8, 4) is 11.5 Å². The quantitative estimate of drug-likeness (QED) is 0.603. The van der Waals surface area contributed by atoms with E-state index in [0.717, 1.165) is 25.2 Å². The molecule has 0 unspecified atom stereocenters. The molecule has 6 nitrogen and oxygen atoms in total. The molecule has 1 aromatic heterocycles. The number of carbonyl (C=O) groups excluding carboxylic acids is 1. The fourth-order valence-corrected chi connectivity index (χ4v) is 5.55. The molecule has 172 valence electrons. The Hall–Kier alpha value is -3.71. The number of piperidine rings is 1.